The third-order valence-electron chi connectivity index (χ3n) is 1.81. The number of alkyl halides is 1. The second-order valence-corrected chi connectivity index (χ2v) is 3.47. The van der Waals surface area contributed by atoms with Crippen molar-refractivity contribution in [2.45, 2.75) is 24.9 Å². The van der Waals surface area contributed by atoms with Gasteiger partial charge in [-0.05, 0) is 6.42 Å². The van der Waals surface area contributed by atoms with E-state index >= 15 is 0 Å². The molecule has 0 radical (unpaired) electrons. The number of primary amides is 1. The summed E-state index contributed by atoms with van der Waals surface area (Å²) < 4.78 is 0. The Labute approximate surface area is 97.1 Å². The van der Waals surface area contributed by atoms with Crippen molar-refractivity contribution >= 4 is 29.4 Å². The lowest BCUT2D eigenvalue weighted by Gasteiger charge is -2.15. The molecule has 0 aromatic heterocycles. The normalized spacial score (nSPS) is 13.9. The lowest BCUT2D eigenvalue weighted by Crippen LogP contribution is -2.49. The van der Waals surface area contributed by atoms with Gasteiger partial charge in [0.2, 0.25) is 11.8 Å². The van der Waals surface area contributed by atoms with Crippen molar-refractivity contribution in [1.82, 2.24) is 5.32 Å². The van der Waals surface area contributed by atoms with Crippen LogP contribution in [0, 0.1) is 0 Å². The van der Waals surface area contributed by atoms with Crippen molar-refractivity contribution in [1.29, 1.82) is 0 Å². The first-order valence-electron chi connectivity index (χ1n) is 4.51. The first-order chi connectivity index (χ1) is 7.38. The largest absolute Gasteiger partial charge is 0.480 e. The summed E-state index contributed by atoms with van der Waals surface area (Å²) in [6, 6.07) is -2.16. The molecule has 8 heteroatoms. The van der Waals surface area contributed by atoms with Crippen LogP contribution in [0.4, 0.5) is 0 Å². The molecule has 0 saturated carbocycles. The zero-order valence-corrected chi connectivity index (χ0v) is 9.24. The number of hydrogen-bond acceptors (Lipinski definition) is 4. The quantitative estimate of drug-likeness (QED) is 0.404. The van der Waals surface area contributed by atoms with E-state index in [1.54, 1.807) is 0 Å². The highest BCUT2D eigenvalue weighted by Crippen LogP contribution is 1.96. The van der Waals surface area contributed by atoms with Crippen molar-refractivity contribution in [3.63, 3.8) is 0 Å². The molecule has 16 heavy (non-hydrogen) atoms. The van der Waals surface area contributed by atoms with Crippen LogP contribution >= 0.6 is 11.6 Å². The van der Waals surface area contributed by atoms with Gasteiger partial charge in [0, 0.05) is 6.42 Å². The number of aliphatic carboxylic acids is 1. The molecule has 0 fully saturated rings. The molecule has 0 rings (SSSR count). The van der Waals surface area contributed by atoms with Crippen molar-refractivity contribution < 1.29 is 19.5 Å². The fraction of sp³-hybridized carbons (Fsp3) is 0.625. The van der Waals surface area contributed by atoms with Crippen LogP contribution in [0.1, 0.15) is 12.8 Å². The van der Waals surface area contributed by atoms with Crippen LogP contribution in [-0.2, 0) is 14.4 Å². The van der Waals surface area contributed by atoms with Crippen molar-refractivity contribution in [2.75, 3.05) is 5.88 Å². The molecule has 0 spiro atoms. The first-order valence-corrected chi connectivity index (χ1v) is 5.05. The molecule has 2 amide bonds. The molecule has 0 saturated heterocycles. The van der Waals surface area contributed by atoms with Gasteiger partial charge in [-0.25, -0.2) is 4.79 Å². The lowest BCUT2D eigenvalue weighted by molar-refractivity contribution is -0.141. The predicted octanol–water partition coefficient (Wildman–Crippen LogP) is -1.61. The van der Waals surface area contributed by atoms with E-state index in [9.17, 15) is 14.4 Å². The molecule has 2 atom stereocenters. The Morgan fingerprint density at radius 3 is 2.31 bits per heavy atom. The maximum atomic E-state index is 11.3. The van der Waals surface area contributed by atoms with Gasteiger partial charge >= 0.3 is 5.97 Å². The monoisotopic (exact) mass is 251 g/mol. The number of rotatable bonds is 7. The number of nitrogens with one attached hydrogen (secondary N) is 1. The second kappa shape index (κ2) is 7.02. The summed E-state index contributed by atoms with van der Waals surface area (Å²) in [5, 5.41) is 10.8. The molecule has 0 aliphatic heterocycles. The van der Waals surface area contributed by atoms with E-state index in [4.69, 9.17) is 28.2 Å². The minimum Gasteiger partial charge on any atom is -0.480 e. The van der Waals surface area contributed by atoms with Crippen LogP contribution in [0.5, 0.6) is 0 Å². The Morgan fingerprint density at radius 2 is 1.94 bits per heavy atom. The van der Waals surface area contributed by atoms with Gasteiger partial charge < -0.3 is 21.9 Å². The zero-order valence-electron chi connectivity index (χ0n) is 8.48. The molecule has 0 aromatic carbocycles. The van der Waals surface area contributed by atoms with Crippen LogP contribution < -0.4 is 16.8 Å². The van der Waals surface area contributed by atoms with Gasteiger partial charge in [0.25, 0.3) is 0 Å². The van der Waals surface area contributed by atoms with E-state index in [0.29, 0.717) is 0 Å². The molecule has 0 unspecified atom stereocenters. The van der Waals surface area contributed by atoms with E-state index < -0.39 is 29.9 Å². The molecule has 0 bridgehead atoms. The Kier molecular flexibility index (Phi) is 6.43. The highest BCUT2D eigenvalue weighted by atomic mass is 35.5. The van der Waals surface area contributed by atoms with Crippen LogP contribution in [-0.4, -0.2) is 40.9 Å². The summed E-state index contributed by atoms with van der Waals surface area (Å²) in [6.07, 6.45) is 0.0307. The Hall–Kier alpha value is -1.34. The number of carboxylic acids is 1. The third kappa shape index (κ3) is 5.52. The molecular formula is C8H14ClN3O4. The number of hydrogen-bond donors (Lipinski definition) is 4. The van der Waals surface area contributed by atoms with Gasteiger partial charge in [-0.1, -0.05) is 0 Å². The topological polar surface area (TPSA) is 136 Å². The van der Waals surface area contributed by atoms with E-state index in [1.165, 1.54) is 0 Å². The Morgan fingerprint density at radius 1 is 1.38 bits per heavy atom. The van der Waals surface area contributed by atoms with Gasteiger partial charge in [0.15, 0.2) is 0 Å². The highest BCUT2D eigenvalue weighted by Gasteiger charge is 2.22. The number of amides is 2. The van der Waals surface area contributed by atoms with Crippen LogP contribution in [0.3, 0.4) is 0 Å². The fourth-order valence-electron chi connectivity index (χ4n) is 0.874. The number of halogens is 1. The Balaban J connectivity index is 4.13. The van der Waals surface area contributed by atoms with Crippen molar-refractivity contribution in [3.8, 4) is 0 Å². The minimum absolute atomic E-state index is 0.0345. The summed E-state index contributed by atoms with van der Waals surface area (Å²) in [7, 11) is 0. The average Bonchev–Trinajstić information content (AvgIpc) is 2.21. The van der Waals surface area contributed by atoms with E-state index in [0.717, 1.165) is 0 Å². The number of carboxylic acid groups (broad SMARTS) is 1. The van der Waals surface area contributed by atoms with E-state index in [1.807, 2.05) is 0 Å². The number of carbonyl (C=O) groups excluding carboxylic acids is 2. The summed E-state index contributed by atoms with van der Waals surface area (Å²) in [6.45, 7) is 0. The summed E-state index contributed by atoms with van der Waals surface area (Å²) in [5.74, 6) is -2.75. The summed E-state index contributed by atoms with van der Waals surface area (Å²) in [5.41, 5.74) is 10.3. The molecular weight excluding hydrogens is 238 g/mol. The zero-order chi connectivity index (χ0) is 12.7. The molecule has 92 valence electrons. The summed E-state index contributed by atoms with van der Waals surface area (Å²) >= 11 is 5.33. The maximum absolute atomic E-state index is 11.3. The fourth-order valence-corrected chi connectivity index (χ4v) is 1.08. The van der Waals surface area contributed by atoms with Crippen LogP contribution in [0.25, 0.3) is 0 Å². The van der Waals surface area contributed by atoms with Crippen LogP contribution in [0.2, 0.25) is 0 Å². The third-order valence-corrected chi connectivity index (χ3v) is 2.12. The number of carbonyl (C=O) groups is 3. The van der Waals surface area contributed by atoms with Gasteiger partial charge in [0.1, 0.15) is 6.04 Å². The summed E-state index contributed by atoms with van der Waals surface area (Å²) in [4.78, 5) is 32.3. The molecule has 0 aromatic rings. The molecule has 7 nitrogen and oxygen atoms in total. The van der Waals surface area contributed by atoms with E-state index in [-0.39, 0.29) is 18.7 Å². The predicted molar refractivity (Wildman–Crippen MR) is 56.7 cm³/mol. The van der Waals surface area contributed by atoms with Gasteiger partial charge in [-0.15, -0.1) is 11.6 Å². The molecule has 0 aliphatic carbocycles. The SMILES string of the molecule is NC(=O)CC[C@H](N)C(=O)N[C@@H](CCl)C(=O)O. The second-order valence-electron chi connectivity index (χ2n) is 3.17. The van der Waals surface area contributed by atoms with Crippen molar-refractivity contribution in [2.24, 2.45) is 11.5 Å². The standard InChI is InChI=1S/C8H14ClN3O4/c9-3-5(8(15)16)12-7(14)4(10)1-2-6(11)13/h4-5H,1-3,10H2,(H2,11,13)(H,12,14)(H,15,16)/t4-,5-/m0/s1. The van der Waals surface area contributed by atoms with Crippen LogP contribution in [0.15, 0.2) is 0 Å². The molecule has 6 N–H and O–H groups in total. The Bertz CT molecular complexity index is 284. The average molecular weight is 252 g/mol. The minimum atomic E-state index is -1.24. The van der Waals surface area contributed by atoms with Crippen molar-refractivity contribution in [3.05, 3.63) is 0 Å². The number of nitrogens with two attached hydrogens (primary N) is 2. The smallest absolute Gasteiger partial charge is 0.327 e. The van der Waals surface area contributed by atoms with Gasteiger partial charge in [-0.2, -0.15) is 0 Å². The maximum Gasteiger partial charge on any atom is 0.327 e. The van der Waals surface area contributed by atoms with E-state index in [2.05, 4.69) is 5.32 Å². The molecule has 0 heterocycles. The van der Waals surface area contributed by atoms with Gasteiger partial charge in [-0.3, -0.25) is 9.59 Å². The highest BCUT2D eigenvalue weighted by molar-refractivity contribution is 6.19. The lowest BCUT2D eigenvalue weighted by atomic mass is 10.1. The first kappa shape index (κ1) is 14.7. The van der Waals surface area contributed by atoms with Gasteiger partial charge in [0.05, 0.1) is 11.9 Å². The molecule has 0 aliphatic rings.